The molecular formula is C28H16N4O2. The van der Waals surface area contributed by atoms with Crippen molar-refractivity contribution in [2.75, 3.05) is 0 Å². The Balaban J connectivity index is 1.69. The number of hydrogen-bond acceptors (Lipinski definition) is 4. The lowest BCUT2D eigenvalue weighted by Gasteiger charge is -2.12. The van der Waals surface area contributed by atoms with Crippen molar-refractivity contribution >= 4 is 65.7 Å². The van der Waals surface area contributed by atoms with Crippen molar-refractivity contribution < 1.29 is 0 Å². The Hall–Kier alpha value is -4.58. The largest absolute Gasteiger partial charge is 0.268 e. The fourth-order valence-corrected chi connectivity index (χ4v) is 5.61. The van der Waals surface area contributed by atoms with E-state index in [0.29, 0.717) is 22.1 Å². The smallest absolute Gasteiger partial charge is 0.264 e. The van der Waals surface area contributed by atoms with E-state index in [9.17, 15) is 9.59 Å². The van der Waals surface area contributed by atoms with Crippen LogP contribution in [-0.4, -0.2) is 18.8 Å². The van der Waals surface area contributed by atoms with Gasteiger partial charge < -0.3 is 0 Å². The summed E-state index contributed by atoms with van der Waals surface area (Å²) in [6.07, 6.45) is 0. The number of nitrogens with zero attached hydrogens (tertiary/aromatic N) is 4. The highest BCUT2D eigenvalue weighted by atomic mass is 16.1. The third-order valence-corrected chi connectivity index (χ3v) is 7.13. The van der Waals surface area contributed by atoms with Crippen LogP contribution in [0.3, 0.4) is 0 Å². The average molecular weight is 440 g/mol. The Labute approximate surface area is 191 Å². The van der Waals surface area contributed by atoms with Gasteiger partial charge in [0, 0.05) is 32.3 Å². The predicted octanol–water partition coefficient (Wildman–Crippen LogP) is 4.96. The van der Waals surface area contributed by atoms with E-state index < -0.39 is 0 Å². The van der Waals surface area contributed by atoms with Crippen LogP contribution >= 0.6 is 0 Å². The molecule has 6 heteroatoms. The second-order valence-corrected chi connectivity index (χ2v) is 9.21. The second kappa shape index (κ2) is 5.66. The third-order valence-electron chi connectivity index (χ3n) is 7.13. The normalized spacial score (nSPS) is 12.6. The van der Waals surface area contributed by atoms with Crippen molar-refractivity contribution in [3.8, 4) is 0 Å². The van der Waals surface area contributed by atoms with E-state index in [0.717, 1.165) is 54.7 Å². The first-order chi connectivity index (χ1) is 16.5. The lowest BCUT2D eigenvalue weighted by Crippen LogP contribution is -2.16. The SMILES string of the molecule is Cc1ccc2nc3c4ccc5c6c(ccc(c(=O)n3c2c1)c46)c(=O)n1c2cc(C)ccc2nc51. The minimum Gasteiger partial charge on any atom is -0.268 e. The highest BCUT2D eigenvalue weighted by Crippen LogP contribution is 2.36. The molecular weight excluding hydrogens is 424 g/mol. The Bertz CT molecular complexity index is 2130. The summed E-state index contributed by atoms with van der Waals surface area (Å²) in [5.74, 6) is 0. The van der Waals surface area contributed by atoms with Crippen LogP contribution in [0, 0.1) is 13.8 Å². The molecule has 0 N–H and O–H groups in total. The summed E-state index contributed by atoms with van der Waals surface area (Å²) >= 11 is 0. The molecule has 0 spiro atoms. The van der Waals surface area contributed by atoms with Crippen molar-refractivity contribution in [2.24, 2.45) is 0 Å². The summed E-state index contributed by atoms with van der Waals surface area (Å²) < 4.78 is 3.40. The van der Waals surface area contributed by atoms with Gasteiger partial charge in [0.05, 0.1) is 22.1 Å². The summed E-state index contributed by atoms with van der Waals surface area (Å²) in [4.78, 5) is 37.1. The minimum absolute atomic E-state index is 0.124. The fourth-order valence-electron chi connectivity index (χ4n) is 5.61. The van der Waals surface area contributed by atoms with Gasteiger partial charge >= 0.3 is 0 Å². The molecule has 4 aromatic carbocycles. The molecule has 0 saturated heterocycles. The molecule has 34 heavy (non-hydrogen) atoms. The van der Waals surface area contributed by atoms with E-state index in [-0.39, 0.29) is 11.1 Å². The zero-order chi connectivity index (χ0) is 22.9. The van der Waals surface area contributed by atoms with E-state index in [4.69, 9.17) is 9.97 Å². The van der Waals surface area contributed by atoms with Gasteiger partial charge in [-0.15, -0.1) is 0 Å². The number of hydrogen-bond donors (Lipinski definition) is 0. The minimum atomic E-state index is -0.124. The monoisotopic (exact) mass is 440 g/mol. The van der Waals surface area contributed by atoms with Crippen LogP contribution in [-0.2, 0) is 0 Å². The van der Waals surface area contributed by atoms with E-state index >= 15 is 0 Å². The molecule has 0 radical (unpaired) electrons. The van der Waals surface area contributed by atoms with Crippen molar-refractivity contribution in [2.45, 2.75) is 13.8 Å². The quantitative estimate of drug-likeness (QED) is 0.313. The van der Waals surface area contributed by atoms with Gasteiger partial charge in [-0.2, -0.15) is 0 Å². The van der Waals surface area contributed by atoms with Gasteiger partial charge in [-0.3, -0.25) is 18.4 Å². The molecule has 0 amide bonds. The summed E-state index contributed by atoms with van der Waals surface area (Å²) in [7, 11) is 0. The van der Waals surface area contributed by atoms with Crippen LogP contribution in [0.25, 0.3) is 65.7 Å². The number of benzene rings is 4. The zero-order valence-corrected chi connectivity index (χ0v) is 18.4. The molecule has 0 saturated carbocycles. The highest BCUT2D eigenvalue weighted by Gasteiger charge is 2.22. The molecule has 8 aromatic rings. The summed E-state index contributed by atoms with van der Waals surface area (Å²) in [5, 5.41) is 4.44. The Morgan fingerprint density at radius 3 is 1.41 bits per heavy atom. The molecule has 160 valence electrons. The van der Waals surface area contributed by atoms with Gasteiger partial charge in [0.15, 0.2) is 0 Å². The van der Waals surface area contributed by atoms with Crippen LogP contribution in [0.4, 0.5) is 0 Å². The van der Waals surface area contributed by atoms with Gasteiger partial charge in [0.1, 0.15) is 11.3 Å². The lowest BCUT2D eigenvalue weighted by atomic mass is 9.96. The molecule has 0 aliphatic heterocycles. The first kappa shape index (κ1) is 17.9. The van der Waals surface area contributed by atoms with E-state index in [1.807, 2.05) is 62.4 Å². The van der Waals surface area contributed by atoms with E-state index in [1.54, 1.807) is 20.9 Å². The maximum absolute atomic E-state index is 13.7. The predicted molar refractivity (Wildman–Crippen MR) is 136 cm³/mol. The third kappa shape index (κ3) is 1.94. The summed E-state index contributed by atoms with van der Waals surface area (Å²) in [6.45, 7) is 4.01. The zero-order valence-electron chi connectivity index (χ0n) is 18.4. The number of aromatic nitrogens is 4. The maximum Gasteiger partial charge on any atom is 0.264 e. The molecule has 0 fully saturated rings. The lowest BCUT2D eigenvalue weighted by molar-refractivity contribution is 1.18. The number of imidazole rings is 2. The topological polar surface area (TPSA) is 68.7 Å². The molecule has 0 unspecified atom stereocenters. The number of rotatable bonds is 0. The second-order valence-electron chi connectivity index (χ2n) is 9.21. The molecule has 6 nitrogen and oxygen atoms in total. The molecule has 0 aliphatic carbocycles. The standard InChI is InChI=1S/C28H16N4O2/c1-13-3-9-19-21(11-13)31-25(29-19)15-5-6-16-24-18(8-7-17(23(15)24)27(31)33)28(34)32-22-12-14(2)4-10-20(22)30-26(16)32/h3-12H,1-2H3. The van der Waals surface area contributed by atoms with Crippen molar-refractivity contribution in [1.29, 1.82) is 0 Å². The molecule has 0 aliphatic rings. The van der Waals surface area contributed by atoms with E-state index in [2.05, 4.69) is 0 Å². The Morgan fingerprint density at radius 1 is 0.559 bits per heavy atom. The number of fused-ring (bicyclic) bond motifs is 8. The van der Waals surface area contributed by atoms with E-state index in [1.165, 1.54) is 0 Å². The van der Waals surface area contributed by atoms with Crippen molar-refractivity contribution in [3.05, 3.63) is 92.5 Å². The highest BCUT2D eigenvalue weighted by molar-refractivity contribution is 6.27. The molecule has 4 heterocycles. The maximum atomic E-state index is 13.7. The van der Waals surface area contributed by atoms with Crippen LogP contribution in [0.5, 0.6) is 0 Å². The van der Waals surface area contributed by atoms with Gasteiger partial charge in [0.25, 0.3) is 11.1 Å². The van der Waals surface area contributed by atoms with Gasteiger partial charge in [-0.05, 0) is 73.5 Å². The molecule has 0 atom stereocenters. The summed E-state index contributed by atoms with van der Waals surface area (Å²) in [5.41, 5.74) is 6.27. The van der Waals surface area contributed by atoms with Gasteiger partial charge in [-0.1, -0.05) is 12.1 Å². The molecule has 0 bridgehead atoms. The van der Waals surface area contributed by atoms with Gasteiger partial charge in [-0.25, -0.2) is 9.97 Å². The molecule has 8 rings (SSSR count). The van der Waals surface area contributed by atoms with Gasteiger partial charge in [0.2, 0.25) is 0 Å². The Morgan fingerprint density at radius 2 is 0.971 bits per heavy atom. The first-order valence-corrected chi connectivity index (χ1v) is 11.2. The number of aryl methyl sites for hydroxylation is 2. The molecule has 4 aromatic heterocycles. The number of pyridine rings is 2. The average Bonchev–Trinajstić information content (AvgIpc) is 3.39. The summed E-state index contributed by atoms with van der Waals surface area (Å²) in [6, 6.07) is 19.5. The van der Waals surface area contributed by atoms with Crippen molar-refractivity contribution in [1.82, 2.24) is 18.8 Å². The van der Waals surface area contributed by atoms with Crippen molar-refractivity contribution in [3.63, 3.8) is 0 Å². The fraction of sp³-hybridized carbons (Fsp3) is 0.0714. The van der Waals surface area contributed by atoms with Crippen LogP contribution in [0.2, 0.25) is 0 Å². The van der Waals surface area contributed by atoms with Crippen LogP contribution in [0.1, 0.15) is 11.1 Å². The first-order valence-electron chi connectivity index (χ1n) is 11.2. The Kier molecular flexibility index (Phi) is 2.98. The van der Waals surface area contributed by atoms with Crippen LogP contribution in [0.15, 0.2) is 70.3 Å². The van der Waals surface area contributed by atoms with Crippen LogP contribution < -0.4 is 11.1 Å².